The van der Waals surface area contributed by atoms with Crippen molar-refractivity contribution >= 4 is 27.3 Å². The van der Waals surface area contributed by atoms with E-state index in [1.165, 1.54) is 16.3 Å². The Balaban J connectivity index is 2.65. The lowest BCUT2D eigenvalue weighted by molar-refractivity contribution is 0.0532. The van der Waals surface area contributed by atoms with Crippen molar-refractivity contribution in [2.24, 2.45) is 5.14 Å². The molecule has 0 saturated heterocycles. The standard InChI is InChI=1S/C11H18N2O4S2/c1-8(2)17-5-4-13(3)11(14)9-6-10(18-7-9)19(12,15)16/h6-8H,4-5H2,1-3H3,(H2,12,15,16). The number of nitrogens with two attached hydrogens (primary N) is 1. The lowest BCUT2D eigenvalue weighted by Gasteiger charge is -2.17. The molecule has 0 aliphatic rings. The zero-order valence-electron chi connectivity index (χ0n) is 11.1. The van der Waals surface area contributed by atoms with Gasteiger partial charge in [0.15, 0.2) is 0 Å². The Kier molecular flexibility index (Phi) is 5.48. The molecule has 1 aromatic rings. The van der Waals surface area contributed by atoms with Crippen molar-refractivity contribution in [1.82, 2.24) is 4.90 Å². The number of sulfonamides is 1. The van der Waals surface area contributed by atoms with E-state index in [4.69, 9.17) is 9.88 Å². The summed E-state index contributed by atoms with van der Waals surface area (Å²) in [6.45, 7) is 4.71. The molecule has 0 radical (unpaired) electrons. The number of thiophene rings is 1. The average molecular weight is 306 g/mol. The highest BCUT2D eigenvalue weighted by Gasteiger charge is 2.17. The minimum absolute atomic E-state index is 0.0114. The third-order valence-corrected chi connectivity index (χ3v) is 4.71. The van der Waals surface area contributed by atoms with E-state index in [1.807, 2.05) is 13.8 Å². The number of hydrogen-bond donors (Lipinski definition) is 1. The van der Waals surface area contributed by atoms with Gasteiger partial charge >= 0.3 is 0 Å². The monoisotopic (exact) mass is 306 g/mol. The van der Waals surface area contributed by atoms with Crippen LogP contribution in [0, 0.1) is 0 Å². The molecule has 0 aliphatic heterocycles. The number of carbonyl (C=O) groups is 1. The van der Waals surface area contributed by atoms with Crippen molar-refractivity contribution in [3.8, 4) is 0 Å². The van der Waals surface area contributed by atoms with Crippen molar-refractivity contribution < 1.29 is 17.9 Å². The number of amides is 1. The van der Waals surface area contributed by atoms with Crippen molar-refractivity contribution in [3.05, 3.63) is 17.0 Å². The maximum Gasteiger partial charge on any atom is 0.254 e. The van der Waals surface area contributed by atoms with E-state index in [1.54, 1.807) is 7.05 Å². The van der Waals surface area contributed by atoms with E-state index >= 15 is 0 Å². The number of nitrogens with zero attached hydrogens (tertiary/aromatic N) is 1. The number of likely N-dealkylation sites (N-methyl/N-ethyl adjacent to an activating group) is 1. The third-order valence-electron chi connectivity index (χ3n) is 2.33. The fourth-order valence-electron chi connectivity index (χ4n) is 1.33. The van der Waals surface area contributed by atoms with Crippen LogP contribution in [-0.2, 0) is 14.8 Å². The lowest BCUT2D eigenvalue weighted by Crippen LogP contribution is -2.30. The van der Waals surface area contributed by atoms with Crippen LogP contribution in [0.3, 0.4) is 0 Å². The molecule has 0 aliphatic carbocycles. The largest absolute Gasteiger partial charge is 0.377 e. The summed E-state index contributed by atoms with van der Waals surface area (Å²) in [6.07, 6.45) is 0.110. The molecule has 1 rings (SSSR count). The molecule has 1 heterocycles. The molecule has 0 aromatic carbocycles. The molecule has 0 spiro atoms. The van der Waals surface area contributed by atoms with Gasteiger partial charge in [0, 0.05) is 19.0 Å². The number of primary sulfonamides is 1. The smallest absolute Gasteiger partial charge is 0.254 e. The molecule has 6 nitrogen and oxygen atoms in total. The SMILES string of the molecule is CC(C)OCCN(C)C(=O)c1csc(S(N)(=O)=O)c1. The van der Waals surface area contributed by atoms with Crippen LogP contribution in [0.4, 0.5) is 0 Å². The van der Waals surface area contributed by atoms with Crippen LogP contribution >= 0.6 is 11.3 Å². The predicted molar refractivity (Wildman–Crippen MR) is 73.7 cm³/mol. The van der Waals surface area contributed by atoms with Gasteiger partial charge in [-0.15, -0.1) is 11.3 Å². The van der Waals surface area contributed by atoms with Crippen LogP contribution in [-0.4, -0.2) is 45.5 Å². The van der Waals surface area contributed by atoms with E-state index in [2.05, 4.69) is 0 Å². The van der Waals surface area contributed by atoms with Crippen molar-refractivity contribution in [1.29, 1.82) is 0 Å². The van der Waals surface area contributed by atoms with Crippen LogP contribution in [0.15, 0.2) is 15.7 Å². The van der Waals surface area contributed by atoms with Crippen molar-refractivity contribution in [2.75, 3.05) is 20.2 Å². The van der Waals surface area contributed by atoms with Crippen LogP contribution in [0.5, 0.6) is 0 Å². The Morgan fingerprint density at radius 3 is 2.63 bits per heavy atom. The van der Waals surface area contributed by atoms with Gasteiger partial charge in [0.1, 0.15) is 4.21 Å². The Morgan fingerprint density at radius 2 is 2.16 bits per heavy atom. The van der Waals surface area contributed by atoms with Crippen LogP contribution < -0.4 is 5.14 Å². The summed E-state index contributed by atoms with van der Waals surface area (Å²) in [4.78, 5) is 13.5. The summed E-state index contributed by atoms with van der Waals surface area (Å²) in [6, 6.07) is 1.29. The molecular formula is C11H18N2O4S2. The highest BCUT2D eigenvalue weighted by atomic mass is 32.2. The lowest BCUT2D eigenvalue weighted by atomic mass is 10.3. The van der Waals surface area contributed by atoms with Crippen molar-refractivity contribution in [3.63, 3.8) is 0 Å². The summed E-state index contributed by atoms with van der Waals surface area (Å²) >= 11 is 0.939. The van der Waals surface area contributed by atoms with E-state index in [0.717, 1.165) is 11.3 Å². The Bertz CT molecular complexity index is 537. The Hall–Kier alpha value is -0.960. The van der Waals surface area contributed by atoms with Gasteiger partial charge in [0.05, 0.1) is 18.3 Å². The van der Waals surface area contributed by atoms with Crippen LogP contribution in [0.25, 0.3) is 0 Å². The highest BCUT2D eigenvalue weighted by molar-refractivity contribution is 7.91. The molecule has 1 aromatic heterocycles. The summed E-state index contributed by atoms with van der Waals surface area (Å²) in [7, 11) is -2.11. The second-order valence-electron chi connectivity index (χ2n) is 4.35. The van der Waals surface area contributed by atoms with E-state index in [0.29, 0.717) is 18.7 Å². The molecule has 19 heavy (non-hydrogen) atoms. The number of carbonyl (C=O) groups excluding carboxylic acids is 1. The fraction of sp³-hybridized carbons (Fsp3) is 0.545. The van der Waals surface area contributed by atoms with Gasteiger partial charge in [-0.3, -0.25) is 4.79 Å². The first-order valence-corrected chi connectivity index (χ1v) is 8.13. The molecule has 8 heteroatoms. The van der Waals surface area contributed by atoms with Gasteiger partial charge in [-0.2, -0.15) is 0 Å². The molecule has 0 unspecified atom stereocenters. The zero-order chi connectivity index (χ0) is 14.6. The Morgan fingerprint density at radius 1 is 1.53 bits per heavy atom. The van der Waals surface area contributed by atoms with Gasteiger partial charge in [-0.1, -0.05) is 0 Å². The number of ether oxygens (including phenoxy) is 1. The molecule has 0 bridgehead atoms. The quantitative estimate of drug-likeness (QED) is 0.845. The molecule has 0 atom stereocenters. The number of rotatable bonds is 6. The third kappa shape index (κ3) is 4.90. The molecule has 0 fully saturated rings. The maximum absolute atomic E-state index is 12.0. The van der Waals surface area contributed by atoms with Gasteiger partial charge in [-0.05, 0) is 19.9 Å². The molecule has 2 N–H and O–H groups in total. The molecular weight excluding hydrogens is 288 g/mol. The zero-order valence-corrected chi connectivity index (χ0v) is 12.8. The first kappa shape index (κ1) is 16.1. The maximum atomic E-state index is 12.0. The average Bonchev–Trinajstić information content (AvgIpc) is 2.76. The van der Waals surface area contributed by atoms with Gasteiger partial charge in [0.2, 0.25) is 10.0 Å². The van der Waals surface area contributed by atoms with E-state index in [-0.39, 0.29) is 16.2 Å². The van der Waals surface area contributed by atoms with E-state index < -0.39 is 10.0 Å². The Labute approximate surface area is 117 Å². The number of hydrogen-bond acceptors (Lipinski definition) is 5. The van der Waals surface area contributed by atoms with Gasteiger partial charge in [0.25, 0.3) is 5.91 Å². The normalized spacial score (nSPS) is 11.8. The fourth-order valence-corrected chi connectivity index (χ4v) is 2.90. The van der Waals surface area contributed by atoms with Crippen LogP contribution in [0.2, 0.25) is 0 Å². The first-order chi connectivity index (χ1) is 8.71. The topological polar surface area (TPSA) is 89.7 Å². The van der Waals surface area contributed by atoms with Crippen LogP contribution in [0.1, 0.15) is 24.2 Å². The summed E-state index contributed by atoms with van der Waals surface area (Å²) in [5.41, 5.74) is 0.320. The first-order valence-electron chi connectivity index (χ1n) is 5.70. The predicted octanol–water partition coefficient (Wildman–Crippen LogP) is 0.892. The minimum atomic E-state index is -3.75. The highest BCUT2D eigenvalue weighted by Crippen LogP contribution is 2.19. The minimum Gasteiger partial charge on any atom is -0.377 e. The molecule has 1 amide bonds. The molecule has 108 valence electrons. The summed E-state index contributed by atoms with van der Waals surface area (Å²) < 4.78 is 27.6. The second kappa shape index (κ2) is 6.47. The van der Waals surface area contributed by atoms with Gasteiger partial charge in [-0.25, -0.2) is 13.6 Å². The second-order valence-corrected chi connectivity index (χ2v) is 7.05. The van der Waals surface area contributed by atoms with Gasteiger partial charge < -0.3 is 9.64 Å². The summed E-state index contributed by atoms with van der Waals surface area (Å²) in [5, 5.41) is 6.49. The summed E-state index contributed by atoms with van der Waals surface area (Å²) in [5.74, 6) is -0.251. The van der Waals surface area contributed by atoms with E-state index in [9.17, 15) is 13.2 Å². The van der Waals surface area contributed by atoms with Crippen molar-refractivity contribution in [2.45, 2.75) is 24.2 Å². The molecule has 0 saturated carbocycles.